The molecular formula is C18H29N3O2. The van der Waals surface area contributed by atoms with Crippen LogP contribution in [0.4, 0.5) is 0 Å². The van der Waals surface area contributed by atoms with Crippen LogP contribution in [0.15, 0.2) is 24.5 Å². The van der Waals surface area contributed by atoms with Gasteiger partial charge < -0.3 is 10.1 Å². The van der Waals surface area contributed by atoms with Gasteiger partial charge in [0.1, 0.15) is 0 Å². The van der Waals surface area contributed by atoms with Gasteiger partial charge >= 0.3 is 0 Å². The summed E-state index contributed by atoms with van der Waals surface area (Å²) in [7, 11) is 0. The third kappa shape index (κ3) is 5.59. The Labute approximate surface area is 139 Å². The monoisotopic (exact) mass is 319 g/mol. The molecule has 0 bridgehead atoms. The van der Waals surface area contributed by atoms with E-state index in [-0.39, 0.29) is 11.9 Å². The number of aromatic nitrogens is 1. The highest BCUT2D eigenvalue weighted by Crippen LogP contribution is 2.24. The van der Waals surface area contributed by atoms with Crippen LogP contribution in [0.5, 0.6) is 0 Å². The van der Waals surface area contributed by atoms with Crippen molar-refractivity contribution in [1.29, 1.82) is 0 Å². The second kappa shape index (κ2) is 8.99. The zero-order valence-electron chi connectivity index (χ0n) is 14.5. The Bertz CT molecular complexity index is 478. The fourth-order valence-electron chi connectivity index (χ4n) is 3.21. The zero-order valence-corrected chi connectivity index (χ0v) is 14.5. The number of nitrogens with zero attached hydrogens (tertiary/aromatic N) is 2. The first-order valence-electron chi connectivity index (χ1n) is 8.58. The molecule has 1 aliphatic heterocycles. The number of amides is 1. The van der Waals surface area contributed by atoms with Gasteiger partial charge in [0, 0.05) is 44.7 Å². The number of carbonyl (C=O) groups excluding carboxylic acids is 1. The van der Waals surface area contributed by atoms with E-state index >= 15 is 0 Å². The lowest BCUT2D eigenvalue weighted by Crippen LogP contribution is -2.42. The highest BCUT2D eigenvalue weighted by Gasteiger charge is 2.35. The third-order valence-electron chi connectivity index (χ3n) is 4.49. The minimum absolute atomic E-state index is 0.0836. The molecule has 128 valence electrons. The standard InChI is InChI=1S/C18H29N3O2/c1-4-23-9-8-21-12-16(14(2)3)17(13-21)20-18(22)10-15-6-5-7-19-11-15/h5-7,11,14,16-17H,4,8-10,12-13H2,1-3H3,(H,20,22)/t16-,17+/m1/s1. The molecule has 1 aliphatic rings. The Morgan fingerprint density at radius 1 is 1.48 bits per heavy atom. The summed E-state index contributed by atoms with van der Waals surface area (Å²) in [4.78, 5) is 18.8. The fourth-order valence-corrected chi connectivity index (χ4v) is 3.21. The molecule has 1 fully saturated rings. The van der Waals surface area contributed by atoms with Gasteiger partial charge in [-0.15, -0.1) is 0 Å². The summed E-state index contributed by atoms with van der Waals surface area (Å²) in [6, 6.07) is 4.03. The van der Waals surface area contributed by atoms with Crippen LogP contribution in [-0.2, 0) is 16.0 Å². The van der Waals surface area contributed by atoms with Gasteiger partial charge in [-0.05, 0) is 30.4 Å². The van der Waals surface area contributed by atoms with E-state index in [1.165, 1.54) is 0 Å². The SMILES string of the molecule is CCOCCN1C[C@H](NC(=O)Cc2cccnc2)[C@@H](C(C)C)C1. The Hall–Kier alpha value is -1.46. The van der Waals surface area contributed by atoms with Crippen molar-refractivity contribution in [2.75, 3.05) is 32.8 Å². The molecule has 0 aromatic carbocycles. The van der Waals surface area contributed by atoms with Crippen LogP contribution in [0.2, 0.25) is 0 Å². The summed E-state index contributed by atoms with van der Waals surface area (Å²) in [5.74, 6) is 1.13. The summed E-state index contributed by atoms with van der Waals surface area (Å²) in [5.41, 5.74) is 0.956. The van der Waals surface area contributed by atoms with Crippen LogP contribution >= 0.6 is 0 Å². The lowest BCUT2D eigenvalue weighted by atomic mass is 9.91. The van der Waals surface area contributed by atoms with E-state index in [0.717, 1.165) is 38.4 Å². The average molecular weight is 319 g/mol. The fraction of sp³-hybridized carbons (Fsp3) is 0.667. The molecule has 2 heterocycles. The minimum Gasteiger partial charge on any atom is -0.380 e. The van der Waals surface area contributed by atoms with Crippen LogP contribution in [0.25, 0.3) is 0 Å². The Kier molecular flexibility index (Phi) is 6.99. The van der Waals surface area contributed by atoms with E-state index in [1.807, 2.05) is 19.1 Å². The maximum absolute atomic E-state index is 12.3. The van der Waals surface area contributed by atoms with Gasteiger partial charge in [0.15, 0.2) is 0 Å². The Balaban J connectivity index is 1.87. The van der Waals surface area contributed by atoms with Gasteiger partial charge in [0.05, 0.1) is 13.0 Å². The molecule has 0 aliphatic carbocycles. The highest BCUT2D eigenvalue weighted by molar-refractivity contribution is 5.78. The van der Waals surface area contributed by atoms with Gasteiger partial charge in [0.25, 0.3) is 0 Å². The van der Waals surface area contributed by atoms with Crippen molar-refractivity contribution in [1.82, 2.24) is 15.2 Å². The summed E-state index contributed by atoms with van der Waals surface area (Å²) in [6.07, 6.45) is 3.88. The predicted octanol–water partition coefficient (Wildman–Crippen LogP) is 1.73. The molecule has 0 spiro atoms. The highest BCUT2D eigenvalue weighted by atomic mass is 16.5. The molecule has 2 atom stereocenters. The summed E-state index contributed by atoms with van der Waals surface area (Å²) in [6.45, 7) is 10.9. The second-order valence-electron chi connectivity index (χ2n) is 6.58. The number of rotatable bonds is 8. The molecule has 1 amide bonds. The first-order valence-corrected chi connectivity index (χ1v) is 8.58. The summed E-state index contributed by atoms with van der Waals surface area (Å²) in [5, 5.41) is 3.23. The van der Waals surface area contributed by atoms with E-state index in [2.05, 4.69) is 29.0 Å². The number of hydrogen-bond acceptors (Lipinski definition) is 4. The van der Waals surface area contributed by atoms with Crippen LogP contribution < -0.4 is 5.32 Å². The van der Waals surface area contributed by atoms with Crippen LogP contribution in [0.3, 0.4) is 0 Å². The molecule has 0 saturated carbocycles. The average Bonchev–Trinajstić information content (AvgIpc) is 2.91. The Morgan fingerprint density at radius 3 is 2.96 bits per heavy atom. The van der Waals surface area contributed by atoms with Crippen molar-refractivity contribution in [3.63, 3.8) is 0 Å². The number of ether oxygens (including phenoxy) is 1. The second-order valence-corrected chi connectivity index (χ2v) is 6.58. The lowest BCUT2D eigenvalue weighted by Gasteiger charge is -2.23. The van der Waals surface area contributed by atoms with Gasteiger partial charge in [-0.25, -0.2) is 0 Å². The number of carbonyl (C=O) groups is 1. The van der Waals surface area contributed by atoms with E-state index in [9.17, 15) is 4.79 Å². The quantitative estimate of drug-likeness (QED) is 0.742. The van der Waals surface area contributed by atoms with E-state index in [0.29, 0.717) is 18.3 Å². The molecule has 5 nitrogen and oxygen atoms in total. The lowest BCUT2D eigenvalue weighted by molar-refractivity contribution is -0.121. The maximum Gasteiger partial charge on any atom is 0.224 e. The molecule has 0 radical (unpaired) electrons. The van der Waals surface area contributed by atoms with E-state index < -0.39 is 0 Å². The topological polar surface area (TPSA) is 54.5 Å². The normalized spacial score (nSPS) is 21.7. The van der Waals surface area contributed by atoms with Gasteiger partial charge in [-0.1, -0.05) is 19.9 Å². The molecule has 1 N–H and O–H groups in total. The van der Waals surface area contributed by atoms with Crippen LogP contribution in [0.1, 0.15) is 26.3 Å². The molecule has 5 heteroatoms. The molecule has 1 aromatic rings. The third-order valence-corrected chi connectivity index (χ3v) is 4.49. The molecule has 0 unspecified atom stereocenters. The van der Waals surface area contributed by atoms with E-state index in [4.69, 9.17) is 4.74 Å². The number of hydrogen-bond donors (Lipinski definition) is 1. The van der Waals surface area contributed by atoms with E-state index in [1.54, 1.807) is 12.4 Å². The predicted molar refractivity (Wildman–Crippen MR) is 91.1 cm³/mol. The van der Waals surface area contributed by atoms with Crippen molar-refractivity contribution in [2.45, 2.75) is 33.2 Å². The summed E-state index contributed by atoms with van der Waals surface area (Å²) >= 11 is 0. The first-order chi connectivity index (χ1) is 11.1. The Morgan fingerprint density at radius 2 is 2.30 bits per heavy atom. The largest absolute Gasteiger partial charge is 0.380 e. The number of likely N-dealkylation sites (tertiary alicyclic amines) is 1. The van der Waals surface area contributed by atoms with Gasteiger partial charge in [-0.2, -0.15) is 0 Å². The van der Waals surface area contributed by atoms with Gasteiger partial charge in [-0.3, -0.25) is 14.7 Å². The molecule has 2 rings (SSSR count). The van der Waals surface area contributed by atoms with Crippen molar-refractivity contribution >= 4 is 5.91 Å². The zero-order chi connectivity index (χ0) is 16.7. The minimum atomic E-state index is 0.0836. The number of nitrogens with one attached hydrogen (secondary N) is 1. The molecule has 23 heavy (non-hydrogen) atoms. The first kappa shape index (κ1) is 17.9. The number of pyridine rings is 1. The van der Waals surface area contributed by atoms with Crippen molar-refractivity contribution in [2.24, 2.45) is 11.8 Å². The molecule has 1 aromatic heterocycles. The maximum atomic E-state index is 12.3. The molecule has 1 saturated heterocycles. The van der Waals surface area contributed by atoms with Crippen molar-refractivity contribution < 1.29 is 9.53 Å². The molecular weight excluding hydrogens is 290 g/mol. The van der Waals surface area contributed by atoms with Crippen LogP contribution in [-0.4, -0.2) is 54.7 Å². The van der Waals surface area contributed by atoms with Crippen LogP contribution in [0, 0.1) is 11.8 Å². The van der Waals surface area contributed by atoms with Crippen molar-refractivity contribution in [3.05, 3.63) is 30.1 Å². The smallest absolute Gasteiger partial charge is 0.224 e. The van der Waals surface area contributed by atoms with Crippen molar-refractivity contribution in [3.8, 4) is 0 Å². The summed E-state index contributed by atoms with van der Waals surface area (Å²) < 4.78 is 5.45. The van der Waals surface area contributed by atoms with Gasteiger partial charge in [0.2, 0.25) is 5.91 Å².